The van der Waals surface area contributed by atoms with Crippen molar-refractivity contribution in [3.63, 3.8) is 0 Å². The van der Waals surface area contributed by atoms with Crippen LogP contribution in [0.2, 0.25) is 0 Å². The summed E-state index contributed by atoms with van der Waals surface area (Å²) in [5.41, 5.74) is 2.83. The van der Waals surface area contributed by atoms with E-state index in [9.17, 15) is 14.0 Å². The van der Waals surface area contributed by atoms with Gasteiger partial charge in [-0.1, -0.05) is 53.7 Å². The summed E-state index contributed by atoms with van der Waals surface area (Å²) in [6, 6.07) is 21.9. The maximum atomic E-state index is 13.4. The van der Waals surface area contributed by atoms with Crippen LogP contribution in [-0.4, -0.2) is 32.9 Å². The van der Waals surface area contributed by atoms with E-state index >= 15 is 0 Å². The van der Waals surface area contributed by atoms with Crippen molar-refractivity contribution in [1.29, 1.82) is 0 Å². The number of anilines is 1. The van der Waals surface area contributed by atoms with Crippen LogP contribution in [0, 0.1) is 12.7 Å². The van der Waals surface area contributed by atoms with Gasteiger partial charge in [-0.15, -0.1) is 5.10 Å². The van der Waals surface area contributed by atoms with Crippen LogP contribution in [0.5, 0.6) is 0 Å². The second-order valence-corrected chi connectivity index (χ2v) is 7.55. The number of hydrogen-bond acceptors (Lipinski definition) is 4. The number of benzene rings is 3. The molecule has 8 heteroatoms. The molecule has 166 valence electrons. The largest absolute Gasteiger partial charge is 0.338 e. The van der Waals surface area contributed by atoms with Crippen LogP contribution in [0.4, 0.5) is 10.1 Å². The molecule has 2 N–H and O–H groups in total. The molecule has 1 heterocycles. The van der Waals surface area contributed by atoms with Crippen LogP contribution in [0.15, 0.2) is 85.1 Å². The number of carbonyl (C=O) groups is 2. The van der Waals surface area contributed by atoms with E-state index in [2.05, 4.69) is 20.9 Å². The molecule has 0 aliphatic heterocycles. The van der Waals surface area contributed by atoms with Crippen LogP contribution >= 0.6 is 0 Å². The second-order valence-electron chi connectivity index (χ2n) is 7.55. The smallest absolute Gasteiger partial charge is 0.274 e. The Balaban J connectivity index is 1.53. The van der Waals surface area contributed by atoms with E-state index in [0.29, 0.717) is 23.4 Å². The first-order valence-corrected chi connectivity index (χ1v) is 10.4. The van der Waals surface area contributed by atoms with E-state index in [4.69, 9.17) is 0 Å². The lowest BCUT2D eigenvalue weighted by Gasteiger charge is -2.18. The average molecular weight is 443 g/mol. The number of aromatic nitrogens is 3. The molecule has 33 heavy (non-hydrogen) atoms. The van der Waals surface area contributed by atoms with Gasteiger partial charge in [0.1, 0.15) is 11.9 Å². The predicted octanol–water partition coefficient (Wildman–Crippen LogP) is 3.69. The quantitative estimate of drug-likeness (QED) is 0.456. The summed E-state index contributed by atoms with van der Waals surface area (Å²) in [4.78, 5) is 25.9. The molecule has 2 amide bonds. The molecule has 1 aromatic heterocycles. The monoisotopic (exact) mass is 443 g/mol. The molecule has 0 saturated heterocycles. The van der Waals surface area contributed by atoms with Gasteiger partial charge in [0.05, 0.1) is 11.9 Å². The zero-order valence-corrected chi connectivity index (χ0v) is 17.9. The van der Waals surface area contributed by atoms with Gasteiger partial charge in [-0.25, -0.2) is 9.07 Å². The number of halogens is 1. The minimum absolute atomic E-state index is 0.0456. The maximum absolute atomic E-state index is 13.4. The maximum Gasteiger partial charge on any atom is 0.274 e. The minimum Gasteiger partial charge on any atom is -0.338 e. The van der Waals surface area contributed by atoms with Gasteiger partial charge in [-0.05, 0) is 48.4 Å². The Morgan fingerprint density at radius 3 is 2.39 bits per heavy atom. The lowest BCUT2D eigenvalue weighted by atomic mass is 10.0. The number of nitrogens with zero attached hydrogens (tertiary/aromatic N) is 3. The van der Waals surface area contributed by atoms with Gasteiger partial charge in [0.15, 0.2) is 5.69 Å². The van der Waals surface area contributed by atoms with Crippen molar-refractivity contribution < 1.29 is 14.0 Å². The van der Waals surface area contributed by atoms with Crippen molar-refractivity contribution in [2.75, 3.05) is 5.32 Å². The summed E-state index contributed by atoms with van der Waals surface area (Å²) in [7, 11) is 0. The van der Waals surface area contributed by atoms with Crippen LogP contribution in [0.25, 0.3) is 5.69 Å². The Morgan fingerprint density at radius 1 is 1.00 bits per heavy atom. The lowest BCUT2D eigenvalue weighted by molar-refractivity contribution is -0.118. The number of aryl methyl sites for hydroxylation is 1. The van der Waals surface area contributed by atoms with Crippen molar-refractivity contribution in [2.24, 2.45) is 0 Å². The SMILES string of the molecule is Cc1cc(F)ccc1-n1cc(C(=O)NC(Cc2ccccc2)C(=O)Nc2ccccc2)nn1. The molecule has 4 aromatic rings. The molecule has 3 aromatic carbocycles. The van der Waals surface area contributed by atoms with Gasteiger partial charge >= 0.3 is 0 Å². The Kier molecular flexibility index (Phi) is 6.54. The summed E-state index contributed by atoms with van der Waals surface area (Å²) in [5, 5.41) is 13.5. The third kappa shape index (κ3) is 5.48. The molecular weight excluding hydrogens is 421 g/mol. The van der Waals surface area contributed by atoms with E-state index in [-0.39, 0.29) is 17.4 Å². The Hall–Kier alpha value is -4.33. The molecule has 0 aliphatic rings. The highest BCUT2D eigenvalue weighted by atomic mass is 19.1. The molecule has 0 saturated carbocycles. The average Bonchev–Trinajstić information content (AvgIpc) is 3.30. The minimum atomic E-state index is -0.835. The fourth-order valence-electron chi connectivity index (χ4n) is 3.40. The highest BCUT2D eigenvalue weighted by molar-refractivity contribution is 6.00. The first-order chi connectivity index (χ1) is 16.0. The molecule has 4 rings (SSSR count). The fraction of sp³-hybridized carbons (Fsp3) is 0.120. The number of nitrogens with one attached hydrogen (secondary N) is 2. The number of hydrogen-bond donors (Lipinski definition) is 2. The predicted molar refractivity (Wildman–Crippen MR) is 123 cm³/mol. The van der Waals surface area contributed by atoms with Crippen LogP contribution in [0.1, 0.15) is 21.6 Å². The summed E-state index contributed by atoms with van der Waals surface area (Å²) >= 11 is 0. The van der Waals surface area contributed by atoms with E-state index in [1.807, 2.05) is 48.5 Å². The van der Waals surface area contributed by atoms with E-state index in [0.717, 1.165) is 5.56 Å². The molecule has 0 bridgehead atoms. The standard InChI is InChI=1S/C25H22FN5O2/c1-17-14-19(26)12-13-23(17)31-16-22(29-30-31)25(33)28-21(15-18-8-4-2-5-9-18)24(32)27-20-10-6-3-7-11-20/h2-14,16,21H,15H2,1H3,(H,27,32)(H,28,33). The zero-order chi connectivity index (χ0) is 23.2. The normalized spacial score (nSPS) is 11.6. The summed E-state index contributed by atoms with van der Waals surface area (Å²) in [6.07, 6.45) is 1.75. The Morgan fingerprint density at radius 2 is 1.70 bits per heavy atom. The molecule has 1 unspecified atom stereocenters. The Labute approximate surface area is 190 Å². The highest BCUT2D eigenvalue weighted by Gasteiger charge is 2.24. The van der Waals surface area contributed by atoms with E-state index < -0.39 is 11.9 Å². The number of carbonyl (C=O) groups excluding carboxylic acids is 2. The summed E-state index contributed by atoms with van der Waals surface area (Å²) < 4.78 is 14.8. The molecular formula is C25H22FN5O2. The first-order valence-electron chi connectivity index (χ1n) is 10.4. The first kappa shape index (κ1) is 21.9. The summed E-state index contributed by atoms with van der Waals surface area (Å²) in [5.74, 6) is -1.24. The molecule has 7 nitrogen and oxygen atoms in total. The number of amides is 2. The van der Waals surface area contributed by atoms with Crippen molar-refractivity contribution in [2.45, 2.75) is 19.4 Å². The molecule has 0 fully saturated rings. The van der Waals surface area contributed by atoms with Gasteiger partial charge in [-0.3, -0.25) is 9.59 Å². The molecule has 1 atom stereocenters. The topological polar surface area (TPSA) is 88.9 Å². The van der Waals surface area contributed by atoms with E-state index in [1.54, 1.807) is 25.1 Å². The second kappa shape index (κ2) is 9.86. The van der Waals surface area contributed by atoms with Crippen molar-refractivity contribution in [1.82, 2.24) is 20.3 Å². The zero-order valence-electron chi connectivity index (χ0n) is 17.9. The molecule has 0 radical (unpaired) electrons. The van der Waals surface area contributed by atoms with Gasteiger partial charge in [0.25, 0.3) is 5.91 Å². The van der Waals surface area contributed by atoms with Crippen molar-refractivity contribution in [3.8, 4) is 5.69 Å². The van der Waals surface area contributed by atoms with Crippen LogP contribution in [-0.2, 0) is 11.2 Å². The number of rotatable bonds is 7. The Bertz CT molecular complexity index is 1260. The van der Waals surface area contributed by atoms with Gasteiger partial charge < -0.3 is 10.6 Å². The van der Waals surface area contributed by atoms with Crippen molar-refractivity contribution in [3.05, 3.63) is 108 Å². The van der Waals surface area contributed by atoms with Crippen molar-refractivity contribution >= 4 is 17.5 Å². The highest BCUT2D eigenvalue weighted by Crippen LogP contribution is 2.15. The number of para-hydroxylation sites is 1. The molecule has 0 aliphatic carbocycles. The third-order valence-corrected chi connectivity index (χ3v) is 5.08. The van der Waals surface area contributed by atoms with Crippen LogP contribution in [0.3, 0.4) is 0 Å². The van der Waals surface area contributed by atoms with Gasteiger partial charge in [0.2, 0.25) is 5.91 Å². The third-order valence-electron chi connectivity index (χ3n) is 5.08. The van der Waals surface area contributed by atoms with Gasteiger partial charge in [0, 0.05) is 12.1 Å². The molecule has 0 spiro atoms. The van der Waals surface area contributed by atoms with E-state index in [1.165, 1.54) is 23.0 Å². The van der Waals surface area contributed by atoms with Crippen LogP contribution < -0.4 is 10.6 Å². The fourth-order valence-corrected chi connectivity index (χ4v) is 3.40. The summed E-state index contributed by atoms with van der Waals surface area (Å²) in [6.45, 7) is 1.74. The van der Waals surface area contributed by atoms with Gasteiger partial charge in [-0.2, -0.15) is 0 Å². The lowest BCUT2D eigenvalue weighted by Crippen LogP contribution is -2.45.